The van der Waals surface area contributed by atoms with Crippen molar-refractivity contribution in [1.29, 1.82) is 0 Å². The van der Waals surface area contributed by atoms with Crippen molar-refractivity contribution in [3.8, 4) is 5.75 Å². The van der Waals surface area contributed by atoms with Crippen LogP contribution in [-0.2, 0) is 9.53 Å². The predicted octanol–water partition coefficient (Wildman–Crippen LogP) is 4.21. The largest absolute Gasteiger partial charge is 0.494 e. The third kappa shape index (κ3) is 3.90. The number of carbonyl (C=O) groups is 1. The van der Waals surface area contributed by atoms with Crippen LogP contribution in [0.1, 0.15) is 30.9 Å². The van der Waals surface area contributed by atoms with Gasteiger partial charge in [-0.25, -0.2) is 9.79 Å². The van der Waals surface area contributed by atoms with E-state index < -0.39 is 5.97 Å². The highest BCUT2D eigenvalue weighted by Crippen LogP contribution is 2.21. The standard InChI is InChI=1S/C20H19NO3/c1-2-3-13-23-17-11-9-16(10-12-17)19-21-18(20(22)24-19)14-15-7-5-4-6-8-15/h4-12,14H,2-3,13H2,1H3. The summed E-state index contributed by atoms with van der Waals surface area (Å²) < 4.78 is 10.9. The molecule has 0 N–H and O–H groups in total. The van der Waals surface area contributed by atoms with Crippen LogP contribution in [0.2, 0.25) is 0 Å². The van der Waals surface area contributed by atoms with Crippen LogP contribution in [0.3, 0.4) is 0 Å². The fraction of sp³-hybridized carbons (Fsp3) is 0.200. The van der Waals surface area contributed by atoms with Crippen LogP contribution in [0.15, 0.2) is 65.3 Å². The van der Waals surface area contributed by atoms with Crippen molar-refractivity contribution >= 4 is 17.9 Å². The second-order valence-electron chi connectivity index (χ2n) is 5.47. The molecular formula is C20H19NO3. The molecule has 0 saturated heterocycles. The highest BCUT2D eigenvalue weighted by molar-refractivity contribution is 6.12. The number of rotatable bonds is 6. The Morgan fingerprint density at radius 1 is 1.08 bits per heavy atom. The molecule has 0 fully saturated rings. The molecule has 1 aliphatic rings. The van der Waals surface area contributed by atoms with Crippen molar-refractivity contribution in [3.63, 3.8) is 0 Å². The molecule has 2 aromatic carbocycles. The van der Waals surface area contributed by atoms with Crippen LogP contribution in [0.25, 0.3) is 6.08 Å². The van der Waals surface area contributed by atoms with E-state index >= 15 is 0 Å². The van der Waals surface area contributed by atoms with Gasteiger partial charge in [0.15, 0.2) is 5.70 Å². The Hall–Kier alpha value is -2.88. The van der Waals surface area contributed by atoms with E-state index in [1.807, 2.05) is 54.6 Å². The summed E-state index contributed by atoms with van der Waals surface area (Å²) in [6.07, 6.45) is 3.85. The number of cyclic esters (lactones) is 1. The Morgan fingerprint density at radius 2 is 1.83 bits per heavy atom. The van der Waals surface area contributed by atoms with E-state index in [1.54, 1.807) is 6.08 Å². The Morgan fingerprint density at radius 3 is 2.54 bits per heavy atom. The first-order valence-corrected chi connectivity index (χ1v) is 8.07. The third-order valence-electron chi connectivity index (χ3n) is 3.59. The molecule has 0 bridgehead atoms. The van der Waals surface area contributed by atoms with Gasteiger partial charge < -0.3 is 9.47 Å². The van der Waals surface area contributed by atoms with Crippen molar-refractivity contribution in [2.75, 3.05) is 6.61 Å². The van der Waals surface area contributed by atoms with E-state index in [1.165, 1.54) is 0 Å². The Balaban J connectivity index is 1.74. The van der Waals surface area contributed by atoms with Crippen molar-refractivity contribution in [3.05, 3.63) is 71.4 Å². The molecule has 4 nitrogen and oxygen atoms in total. The van der Waals surface area contributed by atoms with Crippen LogP contribution in [0, 0.1) is 0 Å². The summed E-state index contributed by atoms with van der Waals surface area (Å²) in [5.41, 5.74) is 1.97. The van der Waals surface area contributed by atoms with Crippen LogP contribution in [-0.4, -0.2) is 18.5 Å². The van der Waals surface area contributed by atoms with Crippen LogP contribution in [0.5, 0.6) is 5.75 Å². The van der Waals surface area contributed by atoms with Gasteiger partial charge in [0.05, 0.1) is 6.61 Å². The molecule has 122 valence electrons. The summed E-state index contributed by atoms with van der Waals surface area (Å²) in [4.78, 5) is 16.3. The van der Waals surface area contributed by atoms with Gasteiger partial charge in [0, 0.05) is 5.56 Å². The van der Waals surface area contributed by atoms with Crippen LogP contribution in [0.4, 0.5) is 0 Å². The highest BCUT2D eigenvalue weighted by Gasteiger charge is 2.24. The maximum absolute atomic E-state index is 12.0. The second-order valence-corrected chi connectivity index (χ2v) is 5.47. The summed E-state index contributed by atoms with van der Waals surface area (Å²) in [6, 6.07) is 17.0. The zero-order valence-electron chi connectivity index (χ0n) is 13.6. The highest BCUT2D eigenvalue weighted by atomic mass is 16.6. The van der Waals surface area contributed by atoms with Gasteiger partial charge in [-0.15, -0.1) is 0 Å². The van der Waals surface area contributed by atoms with Gasteiger partial charge in [-0.2, -0.15) is 0 Å². The normalized spacial score (nSPS) is 15.3. The molecular weight excluding hydrogens is 302 g/mol. The first kappa shape index (κ1) is 16.0. The summed E-state index contributed by atoms with van der Waals surface area (Å²) in [5.74, 6) is 0.691. The zero-order valence-corrected chi connectivity index (χ0v) is 13.6. The molecule has 0 unspecified atom stereocenters. The van der Waals surface area contributed by atoms with E-state index in [-0.39, 0.29) is 0 Å². The van der Waals surface area contributed by atoms with Gasteiger partial charge in [-0.1, -0.05) is 43.7 Å². The molecule has 3 rings (SSSR count). The zero-order chi connectivity index (χ0) is 16.8. The average Bonchev–Trinajstić information content (AvgIpc) is 2.97. The van der Waals surface area contributed by atoms with E-state index in [2.05, 4.69) is 11.9 Å². The minimum absolute atomic E-state index is 0.305. The minimum Gasteiger partial charge on any atom is -0.494 e. The molecule has 1 heterocycles. The lowest BCUT2D eigenvalue weighted by Crippen LogP contribution is -2.05. The summed E-state index contributed by atoms with van der Waals surface area (Å²) in [6.45, 7) is 2.83. The molecule has 4 heteroatoms. The number of hydrogen-bond donors (Lipinski definition) is 0. The number of benzene rings is 2. The van der Waals surface area contributed by atoms with Gasteiger partial charge in [0.1, 0.15) is 5.75 Å². The quantitative estimate of drug-likeness (QED) is 0.455. The second kappa shape index (κ2) is 7.59. The van der Waals surface area contributed by atoms with Crippen LogP contribution < -0.4 is 4.74 Å². The van der Waals surface area contributed by atoms with Gasteiger partial charge in [-0.3, -0.25) is 0 Å². The maximum atomic E-state index is 12.0. The fourth-order valence-corrected chi connectivity index (χ4v) is 2.27. The first-order chi connectivity index (χ1) is 11.8. The number of hydrogen-bond acceptors (Lipinski definition) is 4. The van der Waals surface area contributed by atoms with E-state index in [9.17, 15) is 4.79 Å². The predicted molar refractivity (Wildman–Crippen MR) is 93.9 cm³/mol. The first-order valence-electron chi connectivity index (χ1n) is 8.07. The molecule has 0 saturated carbocycles. The summed E-state index contributed by atoms with van der Waals surface area (Å²) >= 11 is 0. The summed E-state index contributed by atoms with van der Waals surface area (Å²) in [7, 11) is 0. The average molecular weight is 321 g/mol. The number of aliphatic imine (C=N–C) groups is 1. The SMILES string of the molecule is CCCCOc1ccc(C2=NC(=Cc3ccccc3)C(=O)O2)cc1. The monoisotopic (exact) mass is 321 g/mol. The van der Waals surface area contributed by atoms with Gasteiger partial charge >= 0.3 is 5.97 Å². The van der Waals surface area contributed by atoms with E-state index in [4.69, 9.17) is 9.47 Å². The van der Waals surface area contributed by atoms with Crippen molar-refractivity contribution in [2.45, 2.75) is 19.8 Å². The lowest BCUT2D eigenvalue weighted by molar-refractivity contribution is -0.129. The van der Waals surface area contributed by atoms with E-state index in [0.717, 1.165) is 29.7 Å². The minimum atomic E-state index is -0.433. The van der Waals surface area contributed by atoms with Crippen LogP contribution >= 0.6 is 0 Å². The molecule has 0 amide bonds. The number of unbranched alkanes of at least 4 members (excludes halogenated alkanes) is 1. The van der Waals surface area contributed by atoms with Gasteiger partial charge in [0.2, 0.25) is 5.90 Å². The van der Waals surface area contributed by atoms with E-state index in [0.29, 0.717) is 18.2 Å². The molecule has 24 heavy (non-hydrogen) atoms. The number of esters is 1. The summed E-state index contributed by atoms with van der Waals surface area (Å²) in [5, 5.41) is 0. The fourth-order valence-electron chi connectivity index (χ4n) is 2.27. The molecule has 0 aliphatic carbocycles. The van der Waals surface area contributed by atoms with Crippen molar-refractivity contribution in [2.24, 2.45) is 4.99 Å². The Bertz CT molecular complexity index is 761. The lowest BCUT2D eigenvalue weighted by Gasteiger charge is -2.05. The lowest BCUT2D eigenvalue weighted by atomic mass is 10.2. The molecule has 2 aromatic rings. The Kier molecular flexibility index (Phi) is 5.06. The van der Waals surface area contributed by atoms with Gasteiger partial charge in [-0.05, 0) is 42.3 Å². The molecule has 0 radical (unpaired) electrons. The Labute approximate surface area is 141 Å². The number of nitrogens with zero attached hydrogens (tertiary/aromatic N) is 1. The topological polar surface area (TPSA) is 47.9 Å². The smallest absolute Gasteiger partial charge is 0.363 e. The molecule has 1 aliphatic heterocycles. The maximum Gasteiger partial charge on any atom is 0.363 e. The number of carbonyl (C=O) groups excluding carboxylic acids is 1. The molecule has 0 atom stereocenters. The molecule has 0 spiro atoms. The van der Waals surface area contributed by atoms with Crippen molar-refractivity contribution < 1.29 is 14.3 Å². The van der Waals surface area contributed by atoms with Crippen molar-refractivity contribution in [1.82, 2.24) is 0 Å². The molecule has 0 aromatic heterocycles. The van der Waals surface area contributed by atoms with Gasteiger partial charge in [0.25, 0.3) is 0 Å². The number of ether oxygens (including phenoxy) is 2. The third-order valence-corrected chi connectivity index (χ3v) is 3.59.